The number of rotatable bonds is 12. The first-order chi connectivity index (χ1) is 15.1. The van der Waals surface area contributed by atoms with Gasteiger partial charge in [-0.05, 0) is 41.5 Å². The molecule has 0 bridgehead atoms. The van der Waals surface area contributed by atoms with E-state index in [1.807, 2.05) is 0 Å². The van der Waals surface area contributed by atoms with Gasteiger partial charge in [0.05, 0.1) is 19.7 Å². The molecule has 0 aromatic rings. The second kappa shape index (κ2) is 13.9. The first-order valence-electron chi connectivity index (χ1n) is 10.3. The molecule has 0 heterocycles. The zero-order valence-electron chi connectivity index (χ0n) is 20.0. The SMILES string of the molecule is C=C(C)C(=O)OCCC(=O)CNC(=O)[C@H](C)NC(=O)CNC(=O)[C@H](C)NC(=O)OC(C)(C)C. The van der Waals surface area contributed by atoms with Gasteiger partial charge >= 0.3 is 12.1 Å². The third-order valence-corrected chi connectivity index (χ3v) is 3.74. The highest BCUT2D eigenvalue weighted by molar-refractivity contribution is 5.93. The number of esters is 1. The van der Waals surface area contributed by atoms with Crippen molar-refractivity contribution in [2.45, 2.75) is 65.6 Å². The van der Waals surface area contributed by atoms with Gasteiger partial charge < -0.3 is 30.7 Å². The first-order valence-corrected chi connectivity index (χ1v) is 10.3. The van der Waals surface area contributed by atoms with Crippen LogP contribution in [-0.2, 0) is 33.4 Å². The van der Waals surface area contributed by atoms with Crippen LogP contribution in [0, 0.1) is 0 Å². The van der Waals surface area contributed by atoms with Gasteiger partial charge in [0.1, 0.15) is 17.7 Å². The lowest BCUT2D eigenvalue weighted by molar-refractivity contribution is -0.140. The van der Waals surface area contributed by atoms with Gasteiger partial charge in [-0.15, -0.1) is 0 Å². The van der Waals surface area contributed by atoms with Gasteiger partial charge in [0.2, 0.25) is 17.7 Å². The van der Waals surface area contributed by atoms with Gasteiger partial charge in [0, 0.05) is 12.0 Å². The van der Waals surface area contributed by atoms with E-state index in [1.165, 1.54) is 20.8 Å². The summed E-state index contributed by atoms with van der Waals surface area (Å²) < 4.78 is 9.83. The highest BCUT2D eigenvalue weighted by atomic mass is 16.6. The fraction of sp³-hybridized carbons (Fsp3) is 0.619. The van der Waals surface area contributed by atoms with Crippen molar-refractivity contribution in [2.75, 3.05) is 19.7 Å². The Labute approximate surface area is 193 Å². The monoisotopic (exact) mass is 470 g/mol. The van der Waals surface area contributed by atoms with E-state index < -0.39 is 54.0 Å². The molecular formula is C21H34N4O8. The number of hydrogen-bond acceptors (Lipinski definition) is 8. The van der Waals surface area contributed by atoms with Crippen molar-refractivity contribution in [3.8, 4) is 0 Å². The lowest BCUT2D eigenvalue weighted by Gasteiger charge is -2.21. The molecule has 0 aromatic carbocycles. The van der Waals surface area contributed by atoms with Crippen LogP contribution in [0.5, 0.6) is 0 Å². The van der Waals surface area contributed by atoms with E-state index in [4.69, 9.17) is 9.47 Å². The molecule has 0 saturated heterocycles. The number of carbonyl (C=O) groups excluding carboxylic acids is 6. The topological polar surface area (TPSA) is 169 Å². The number of carbonyl (C=O) groups is 6. The van der Waals surface area contributed by atoms with Crippen LogP contribution in [-0.4, -0.2) is 72.9 Å². The lowest BCUT2D eigenvalue weighted by Crippen LogP contribution is -2.51. The van der Waals surface area contributed by atoms with Crippen molar-refractivity contribution in [3.63, 3.8) is 0 Å². The largest absolute Gasteiger partial charge is 0.462 e. The molecule has 4 N–H and O–H groups in total. The van der Waals surface area contributed by atoms with E-state index in [0.29, 0.717) is 0 Å². The minimum absolute atomic E-state index is 0.0818. The quantitative estimate of drug-likeness (QED) is 0.223. The minimum atomic E-state index is -0.972. The van der Waals surface area contributed by atoms with Crippen LogP contribution < -0.4 is 21.3 Å². The molecular weight excluding hydrogens is 436 g/mol. The molecule has 0 rings (SSSR count). The lowest BCUT2D eigenvalue weighted by atomic mass is 10.2. The Morgan fingerprint density at radius 1 is 0.879 bits per heavy atom. The number of hydrogen-bond donors (Lipinski definition) is 4. The standard InChI is InChI=1S/C21H34N4O8/c1-12(2)19(30)32-9-8-15(26)10-22-17(28)13(3)24-16(27)11-23-18(29)14(4)25-20(31)33-21(5,6)7/h13-14H,1,8-11H2,2-7H3,(H,22,28)(H,23,29)(H,24,27)(H,25,31)/t13-,14-/m0/s1. The van der Waals surface area contributed by atoms with Crippen molar-refractivity contribution in [3.05, 3.63) is 12.2 Å². The van der Waals surface area contributed by atoms with Gasteiger partial charge in [-0.25, -0.2) is 9.59 Å². The summed E-state index contributed by atoms with van der Waals surface area (Å²) in [7, 11) is 0. The summed E-state index contributed by atoms with van der Waals surface area (Å²) in [5.74, 6) is -2.85. The average Bonchev–Trinajstić information content (AvgIpc) is 2.68. The van der Waals surface area contributed by atoms with E-state index in [-0.39, 0.29) is 30.9 Å². The fourth-order valence-corrected chi connectivity index (χ4v) is 2.04. The molecule has 0 radical (unpaired) electrons. The van der Waals surface area contributed by atoms with Crippen LogP contribution in [0.3, 0.4) is 0 Å². The summed E-state index contributed by atoms with van der Waals surface area (Å²) in [5, 5.41) is 9.40. The molecule has 0 aliphatic rings. The highest BCUT2D eigenvalue weighted by Crippen LogP contribution is 2.06. The molecule has 12 nitrogen and oxygen atoms in total. The second-order valence-electron chi connectivity index (χ2n) is 8.30. The Bertz CT molecular complexity index is 773. The number of alkyl carbamates (subject to hydrolysis) is 1. The van der Waals surface area contributed by atoms with Crippen LogP contribution >= 0.6 is 0 Å². The number of ether oxygens (including phenoxy) is 2. The smallest absolute Gasteiger partial charge is 0.408 e. The van der Waals surface area contributed by atoms with Gasteiger partial charge in [-0.2, -0.15) is 0 Å². The van der Waals surface area contributed by atoms with E-state index in [2.05, 4.69) is 27.8 Å². The summed E-state index contributed by atoms with van der Waals surface area (Å²) in [6.07, 6.45) is -0.856. The maximum atomic E-state index is 12.0. The highest BCUT2D eigenvalue weighted by Gasteiger charge is 2.22. The summed E-state index contributed by atoms with van der Waals surface area (Å²) in [6, 6.07) is -1.92. The van der Waals surface area contributed by atoms with Gasteiger partial charge in [-0.3, -0.25) is 19.2 Å². The molecule has 2 atom stereocenters. The number of amides is 4. The zero-order valence-corrected chi connectivity index (χ0v) is 20.0. The molecule has 33 heavy (non-hydrogen) atoms. The third kappa shape index (κ3) is 14.3. The van der Waals surface area contributed by atoms with Gasteiger partial charge in [-0.1, -0.05) is 6.58 Å². The van der Waals surface area contributed by atoms with Crippen molar-refractivity contribution in [2.24, 2.45) is 0 Å². The first kappa shape index (κ1) is 29.6. The molecule has 0 saturated carbocycles. The van der Waals surface area contributed by atoms with E-state index >= 15 is 0 Å². The molecule has 0 aliphatic heterocycles. The van der Waals surface area contributed by atoms with Crippen molar-refractivity contribution >= 4 is 35.6 Å². The maximum absolute atomic E-state index is 12.0. The number of ketones is 1. The Kier molecular flexibility index (Phi) is 12.4. The van der Waals surface area contributed by atoms with Crippen LogP contribution in [0.1, 0.15) is 48.0 Å². The Balaban J connectivity index is 4.24. The van der Waals surface area contributed by atoms with Crippen molar-refractivity contribution < 1.29 is 38.2 Å². The number of Topliss-reactive ketones (excluding diaryl/α,β-unsaturated/α-hetero) is 1. The summed E-state index contributed by atoms with van der Waals surface area (Å²) in [6.45, 7) is 11.9. The van der Waals surface area contributed by atoms with E-state index in [0.717, 1.165) is 0 Å². The molecule has 0 aliphatic carbocycles. The molecule has 0 fully saturated rings. The van der Waals surface area contributed by atoms with Crippen LogP contribution in [0.2, 0.25) is 0 Å². The molecule has 0 unspecified atom stereocenters. The molecule has 4 amide bonds. The summed E-state index contributed by atoms with van der Waals surface area (Å²) >= 11 is 0. The van der Waals surface area contributed by atoms with Gasteiger partial charge in [0.15, 0.2) is 5.78 Å². The molecule has 12 heteroatoms. The normalized spacial score (nSPS) is 12.4. The molecule has 186 valence electrons. The third-order valence-electron chi connectivity index (χ3n) is 3.74. The van der Waals surface area contributed by atoms with E-state index in [1.54, 1.807) is 20.8 Å². The van der Waals surface area contributed by atoms with E-state index in [9.17, 15) is 28.8 Å². The predicted octanol–water partition coefficient (Wildman–Crippen LogP) is -0.285. The average molecular weight is 471 g/mol. The van der Waals surface area contributed by atoms with Crippen LogP contribution in [0.4, 0.5) is 4.79 Å². The molecule has 0 aromatic heterocycles. The number of nitrogens with one attached hydrogen (secondary N) is 4. The van der Waals surface area contributed by atoms with Crippen molar-refractivity contribution in [1.82, 2.24) is 21.3 Å². The van der Waals surface area contributed by atoms with Crippen molar-refractivity contribution in [1.29, 1.82) is 0 Å². The Morgan fingerprint density at radius 2 is 1.39 bits per heavy atom. The Hall–Kier alpha value is -3.44. The van der Waals surface area contributed by atoms with Crippen LogP contribution in [0.15, 0.2) is 12.2 Å². The Morgan fingerprint density at radius 3 is 1.91 bits per heavy atom. The second-order valence-corrected chi connectivity index (χ2v) is 8.30. The zero-order chi connectivity index (χ0) is 25.8. The predicted molar refractivity (Wildman–Crippen MR) is 118 cm³/mol. The fourth-order valence-electron chi connectivity index (χ4n) is 2.04. The summed E-state index contributed by atoms with van der Waals surface area (Å²) in [4.78, 5) is 70.6. The summed E-state index contributed by atoms with van der Waals surface area (Å²) in [5.41, 5.74) is -0.510. The molecule has 0 spiro atoms. The van der Waals surface area contributed by atoms with Gasteiger partial charge in [0.25, 0.3) is 0 Å². The van der Waals surface area contributed by atoms with Crippen LogP contribution in [0.25, 0.3) is 0 Å². The maximum Gasteiger partial charge on any atom is 0.408 e. The minimum Gasteiger partial charge on any atom is -0.462 e.